The summed E-state index contributed by atoms with van der Waals surface area (Å²) in [5.41, 5.74) is 0.733. The van der Waals surface area contributed by atoms with Gasteiger partial charge in [-0.1, -0.05) is 18.6 Å². The average Bonchev–Trinajstić information content (AvgIpc) is 3.18. The quantitative estimate of drug-likeness (QED) is 0.894. The predicted molar refractivity (Wildman–Crippen MR) is 81.6 cm³/mol. The first-order valence-electron chi connectivity index (χ1n) is 7.70. The summed E-state index contributed by atoms with van der Waals surface area (Å²) >= 11 is 0. The molecule has 1 amide bonds. The molecule has 1 aliphatic heterocycles. The maximum Gasteiger partial charge on any atom is 0.311 e. The van der Waals surface area contributed by atoms with Crippen LogP contribution in [-0.4, -0.2) is 40.0 Å². The van der Waals surface area contributed by atoms with Crippen LogP contribution in [0.2, 0.25) is 0 Å². The summed E-state index contributed by atoms with van der Waals surface area (Å²) in [5, 5.41) is 10.6. The van der Waals surface area contributed by atoms with Crippen LogP contribution in [0, 0.1) is 11.3 Å². The highest BCUT2D eigenvalue weighted by Gasteiger charge is 2.55. The molecule has 4 rings (SSSR count). The molecule has 1 saturated carbocycles. The van der Waals surface area contributed by atoms with E-state index in [1.807, 2.05) is 30.5 Å². The second-order valence-electron chi connectivity index (χ2n) is 6.48. The number of carbonyl (C=O) groups excluding carboxylic acids is 1. The molecular weight excluding hydrogens is 280 g/mol. The van der Waals surface area contributed by atoms with Gasteiger partial charge in [-0.3, -0.25) is 9.59 Å². The molecule has 0 unspecified atom stereocenters. The number of likely N-dealkylation sites (tertiary alicyclic amines) is 1. The smallest absolute Gasteiger partial charge is 0.311 e. The molecule has 22 heavy (non-hydrogen) atoms. The Balaban J connectivity index is 1.68. The molecule has 0 bridgehead atoms. The number of nitrogens with zero attached hydrogens (tertiary/aromatic N) is 1. The number of amides is 1. The first-order valence-corrected chi connectivity index (χ1v) is 7.70. The van der Waals surface area contributed by atoms with Crippen LogP contribution in [0.5, 0.6) is 0 Å². The van der Waals surface area contributed by atoms with Crippen LogP contribution in [0.4, 0.5) is 0 Å². The van der Waals surface area contributed by atoms with Crippen molar-refractivity contribution in [3.05, 3.63) is 36.0 Å². The molecule has 2 N–H and O–H groups in total. The Bertz CT molecular complexity index is 766. The summed E-state index contributed by atoms with van der Waals surface area (Å²) in [4.78, 5) is 29.4. The lowest BCUT2D eigenvalue weighted by Gasteiger charge is -2.23. The summed E-state index contributed by atoms with van der Waals surface area (Å²) in [5.74, 6) is -0.719. The SMILES string of the molecule is O=C(c1cccc2cc[nH]c12)N1C[C@@H]2CCC[C@@]2(C(=O)O)C1. The molecule has 2 heterocycles. The Morgan fingerprint density at radius 3 is 2.95 bits per heavy atom. The Hall–Kier alpha value is -2.30. The summed E-state index contributed by atoms with van der Waals surface area (Å²) in [6.45, 7) is 0.894. The summed E-state index contributed by atoms with van der Waals surface area (Å²) in [6.07, 6.45) is 4.36. The Labute approximate surface area is 127 Å². The van der Waals surface area contributed by atoms with Gasteiger partial charge in [-0.25, -0.2) is 0 Å². The highest BCUT2D eigenvalue weighted by atomic mass is 16.4. The van der Waals surface area contributed by atoms with E-state index >= 15 is 0 Å². The highest BCUT2D eigenvalue weighted by Crippen LogP contribution is 2.49. The van der Waals surface area contributed by atoms with Gasteiger partial charge in [-0.05, 0) is 30.9 Å². The topological polar surface area (TPSA) is 73.4 Å². The number of H-pyrrole nitrogens is 1. The van der Waals surface area contributed by atoms with E-state index < -0.39 is 11.4 Å². The van der Waals surface area contributed by atoms with E-state index in [2.05, 4.69) is 4.98 Å². The minimum Gasteiger partial charge on any atom is -0.481 e. The Morgan fingerprint density at radius 2 is 2.18 bits per heavy atom. The van der Waals surface area contributed by atoms with Crippen LogP contribution in [0.3, 0.4) is 0 Å². The number of hydrogen-bond donors (Lipinski definition) is 2. The molecule has 0 radical (unpaired) electrons. The van der Waals surface area contributed by atoms with Crippen LogP contribution in [0.15, 0.2) is 30.5 Å². The van der Waals surface area contributed by atoms with Crippen molar-refractivity contribution in [2.45, 2.75) is 19.3 Å². The number of para-hydroxylation sites is 1. The van der Waals surface area contributed by atoms with Crippen LogP contribution < -0.4 is 0 Å². The number of rotatable bonds is 2. The molecular formula is C17H18N2O3. The molecule has 2 fully saturated rings. The van der Waals surface area contributed by atoms with Crippen LogP contribution in [-0.2, 0) is 4.79 Å². The minimum atomic E-state index is -0.747. The number of carbonyl (C=O) groups is 2. The molecule has 1 aromatic heterocycles. The number of hydrogen-bond acceptors (Lipinski definition) is 2. The Morgan fingerprint density at radius 1 is 1.32 bits per heavy atom. The maximum absolute atomic E-state index is 12.9. The largest absolute Gasteiger partial charge is 0.481 e. The van der Waals surface area contributed by atoms with Gasteiger partial charge in [-0.15, -0.1) is 0 Å². The molecule has 1 aromatic carbocycles. The van der Waals surface area contributed by atoms with Gasteiger partial charge in [0.25, 0.3) is 5.91 Å². The Kier molecular flexibility index (Phi) is 2.79. The molecule has 2 aromatic rings. The summed E-state index contributed by atoms with van der Waals surface area (Å²) in [6, 6.07) is 7.57. The number of fused-ring (bicyclic) bond motifs is 2. The van der Waals surface area contributed by atoms with E-state index in [1.54, 1.807) is 4.90 Å². The fourth-order valence-corrected chi connectivity index (χ4v) is 4.23. The van der Waals surface area contributed by atoms with E-state index in [-0.39, 0.29) is 11.8 Å². The molecule has 2 aliphatic rings. The molecule has 1 aliphatic carbocycles. The lowest BCUT2D eigenvalue weighted by atomic mass is 9.81. The van der Waals surface area contributed by atoms with Crippen molar-refractivity contribution in [1.29, 1.82) is 0 Å². The lowest BCUT2D eigenvalue weighted by Crippen LogP contribution is -2.37. The maximum atomic E-state index is 12.9. The fourth-order valence-electron chi connectivity index (χ4n) is 4.23. The zero-order valence-corrected chi connectivity index (χ0v) is 12.2. The monoisotopic (exact) mass is 298 g/mol. The second kappa shape index (κ2) is 4.60. The zero-order valence-electron chi connectivity index (χ0n) is 12.2. The van der Waals surface area contributed by atoms with E-state index in [0.717, 1.165) is 23.7 Å². The minimum absolute atomic E-state index is 0.0666. The van der Waals surface area contributed by atoms with E-state index in [1.165, 1.54) is 0 Å². The van der Waals surface area contributed by atoms with Crippen molar-refractivity contribution in [2.24, 2.45) is 11.3 Å². The number of aromatic amines is 1. The third-order valence-corrected chi connectivity index (χ3v) is 5.40. The standard InChI is InChI=1S/C17H18N2O3/c20-15(13-5-1-3-11-6-8-18-14(11)13)19-9-12-4-2-7-17(12,10-19)16(21)22/h1,3,5-6,8,12,18H,2,4,7,9-10H2,(H,21,22)/t12-,17+/m0/s1. The first-order chi connectivity index (χ1) is 10.6. The van der Waals surface area contributed by atoms with Crippen molar-refractivity contribution in [2.75, 3.05) is 13.1 Å². The van der Waals surface area contributed by atoms with Gasteiger partial charge in [0, 0.05) is 24.7 Å². The molecule has 114 valence electrons. The van der Waals surface area contributed by atoms with Gasteiger partial charge >= 0.3 is 5.97 Å². The predicted octanol–water partition coefficient (Wildman–Crippen LogP) is 2.49. The fraction of sp³-hybridized carbons (Fsp3) is 0.412. The highest BCUT2D eigenvalue weighted by molar-refractivity contribution is 6.06. The van der Waals surface area contributed by atoms with Gasteiger partial charge in [0.1, 0.15) is 0 Å². The number of carboxylic acid groups (broad SMARTS) is 1. The van der Waals surface area contributed by atoms with Crippen molar-refractivity contribution in [1.82, 2.24) is 9.88 Å². The van der Waals surface area contributed by atoms with Crippen LogP contribution in [0.1, 0.15) is 29.6 Å². The molecule has 5 heteroatoms. The normalized spacial score (nSPS) is 27.3. The number of aliphatic carboxylic acids is 1. The van der Waals surface area contributed by atoms with Gasteiger partial charge in [0.15, 0.2) is 0 Å². The van der Waals surface area contributed by atoms with Crippen LogP contribution in [0.25, 0.3) is 10.9 Å². The molecule has 0 spiro atoms. The van der Waals surface area contributed by atoms with Crippen molar-refractivity contribution < 1.29 is 14.7 Å². The molecule has 2 atom stereocenters. The first kappa shape index (κ1) is 13.4. The van der Waals surface area contributed by atoms with Gasteiger partial charge in [0.05, 0.1) is 16.5 Å². The van der Waals surface area contributed by atoms with Crippen molar-refractivity contribution >= 4 is 22.8 Å². The second-order valence-corrected chi connectivity index (χ2v) is 6.48. The van der Waals surface area contributed by atoms with Crippen LogP contribution >= 0.6 is 0 Å². The number of aromatic nitrogens is 1. The van der Waals surface area contributed by atoms with E-state index in [4.69, 9.17) is 0 Å². The van der Waals surface area contributed by atoms with Gasteiger partial charge < -0.3 is 15.0 Å². The third kappa shape index (κ3) is 1.71. The summed E-state index contributed by atoms with van der Waals surface area (Å²) in [7, 11) is 0. The zero-order chi connectivity index (χ0) is 15.3. The average molecular weight is 298 g/mol. The van der Waals surface area contributed by atoms with Gasteiger partial charge in [0.2, 0.25) is 0 Å². The lowest BCUT2D eigenvalue weighted by molar-refractivity contribution is -0.149. The molecule has 1 saturated heterocycles. The van der Waals surface area contributed by atoms with Crippen molar-refractivity contribution in [3.8, 4) is 0 Å². The third-order valence-electron chi connectivity index (χ3n) is 5.40. The van der Waals surface area contributed by atoms with Gasteiger partial charge in [-0.2, -0.15) is 0 Å². The number of nitrogens with one attached hydrogen (secondary N) is 1. The number of benzene rings is 1. The number of carboxylic acids is 1. The summed E-state index contributed by atoms with van der Waals surface area (Å²) < 4.78 is 0. The van der Waals surface area contributed by atoms with Crippen molar-refractivity contribution in [3.63, 3.8) is 0 Å². The molecule has 5 nitrogen and oxygen atoms in total. The van der Waals surface area contributed by atoms with E-state index in [0.29, 0.717) is 25.1 Å². The van der Waals surface area contributed by atoms with E-state index in [9.17, 15) is 14.7 Å².